The molecule has 1 amide bonds. The van der Waals surface area contributed by atoms with Crippen LogP contribution in [0.2, 0.25) is 0 Å². The molecular formula is C15H14N4O2S. The van der Waals surface area contributed by atoms with E-state index in [0.29, 0.717) is 29.4 Å². The maximum atomic E-state index is 12.2. The van der Waals surface area contributed by atoms with Gasteiger partial charge in [-0.05, 0) is 0 Å². The van der Waals surface area contributed by atoms with Gasteiger partial charge in [0.25, 0.3) is 5.91 Å². The molecule has 0 aliphatic carbocycles. The summed E-state index contributed by atoms with van der Waals surface area (Å²) in [7, 11) is 0. The van der Waals surface area contributed by atoms with Gasteiger partial charge in [0.05, 0.1) is 5.69 Å². The lowest BCUT2D eigenvalue weighted by Gasteiger charge is -2.03. The summed E-state index contributed by atoms with van der Waals surface area (Å²) in [5, 5.41) is 9.17. The van der Waals surface area contributed by atoms with Crippen molar-refractivity contribution in [2.75, 3.05) is 12.3 Å². The number of amides is 1. The van der Waals surface area contributed by atoms with Crippen LogP contribution in [0.15, 0.2) is 46.5 Å². The highest BCUT2D eigenvalue weighted by Crippen LogP contribution is 2.21. The van der Waals surface area contributed by atoms with E-state index in [1.165, 1.54) is 17.6 Å². The van der Waals surface area contributed by atoms with E-state index in [2.05, 4.69) is 15.5 Å². The van der Waals surface area contributed by atoms with Crippen LogP contribution >= 0.6 is 11.3 Å². The van der Waals surface area contributed by atoms with Crippen LogP contribution in [0.25, 0.3) is 11.3 Å². The van der Waals surface area contributed by atoms with E-state index in [4.69, 9.17) is 10.3 Å². The zero-order valence-corrected chi connectivity index (χ0v) is 12.5. The number of carbonyl (C=O) groups is 1. The highest BCUT2D eigenvalue weighted by Gasteiger charge is 2.16. The predicted molar refractivity (Wildman–Crippen MR) is 84.5 cm³/mol. The molecule has 0 spiro atoms. The van der Waals surface area contributed by atoms with Crippen LogP contribution in [-0.4, -0.2) is 22.6 Å². The van der Waals surface area contributed by atoms with Gasteiger partial charge in [-0.25, -0.2) is 4.98 Å². The van der Waals surface area contributed by atoms with E-state index < -0.39 is 0 Å². The Balaban J connectivity index is 1.65. The lowest BCUT2D eigenvalue weighted by atomic mass is 10.1. The van der Waals surface area contributed by atoms with Crippen LogP contribution in [0.1, 0.15) is 16.1 Å². The summed E-state index contributed by atoms with van der Waals surface area (Å²) < 4.78 is 4.95. The third-order valence-electron chi connectivity index (χ3n) is 3.10. The lowest BCUT2D eigenvalue weighted by molar-refractivity contribution is 0.0954. The predicted octanol–water partition coefficient (Wildman–Crippen LogP) is 2.35. The van der Waals surface area contributed by atoms with Crippen molar-refractivity contribution in [2.24, 2.45) is 0 Å². The number of nitrogens with one attached hydrogen (secondary N) is 1. The van der Waals surface area contributed by atoms with Crippen LogP contribution in [0.4, 0.5) is 5.13 Å². The first kappa shape index (κ1) is 14.3. The summed E-state index contributed by atoms with van der Waals surface area (Å²) >= 11 is 1.39. The van der Waals surface area contributed by atoms with Crippen molar-refractivity contribution in [3.05, 3.63) is 53.2 Å². The van der Waals surface area contributed by atoms with Crippen molar-refractivity contribution >= 4 is 22.4 Å². The third-order valence-corrected chi connectivity index (χ3v) is 3.82. The molecule has 22 heavy (non-hydrogen) atoms. The van der Waals surface area contributed by atoms with Crippen molar-refractivity contribution in [3.63, 3.8) is 0 Å². The number of benzene rings is 1. The molecule has 3 aromatic rings. The molecule has 7 heteroatoms. The van der Waals surface area contributed by atoms with Gasteiger partial charge in [0, 0.05) is 23.9 Å². The summed E-state index contributed by atoms with van der Waals surface area (Å²) in [6, 6.07) is 9.44. The minimum atomic E-state index is -0.219. The molecular weight excluding hydrogens is 300 g/mol. The number of rotatable bonds is 5. The second kappa shape index (κ2) is 6.40. The van der Waals surface area contributed by atoms with E-state index in [1.54, 1.807) is 0 Å². The minimum Gasteiger partial charge on any atom is -0.375 e. The molecule has 0 unspecified atom stereocenters. The third kappa shape index (κ3) is 3.15. The highest BCUT2D eigenvalue weighted by molar-refractivity contribution is 7.13. The van der Waals surface area contributed by atoms with Crippen LogP contribution in [0, 0.1) is 0 Å². The minimum absolute atomic E-state index is 0.219. The number of carbonyl (C=O) groups excluding carboxylic acids is 1. The zero-order valence-electron chi connectivity index (χ0n) is 11.7. The first-order valence-corrected chi connectivity index (χ1v) is 7.60. The number of nitrogens with zero attached hydrogens (tertiary/aromatic N) is 2. The van der Waals surface area contributed by atoms with Gasteiger partial charge >= 0.3 is 0 Å². The largest absolute Gasteiger partial charge is 0.375 e. The van der Waals surface area contributed by atoms with Crippen molar-refractivity contribution < 1.29 is 9.32 Å². The number of anilines is 1. The molecule has 0 fully saturated rings. The van der Waals surface area contributed by atoms with Crippen LogP contribution in [0.5, 0.6) is 0 Å². The second-order valence-corrected chi connectivity index (χ2v) is 5.52. The van der Waals surface area contributed by atoms with Crippen molar-refractivity contribution in [2.45, 2.75) is 6.42 Å². The van der Waals surface area contributed by atoms with Gasteiger partial charge in [-0.1, -0.05) is 35.5 Å². The Morgan fingerprint density at radius 2 is 2.14 bits per heavy atom. The molecule has 0 saturated heterocycles. The van der Waals surface area contributed by atoms with Crippen molar-refractivity contribution in [3.8, 4) is 11.3 Å². The molecule has 0 atom stereocenters. The van der Waals surface area contributed by atoms with Crippen LogP contribution in [0.3, 0.4) is 0 Å². The smallest absolute Gasteiger partial charge is 0.256 e. The monoisotopic (exact) mass is 314 g/mol. The Morgan fingerprint density at radius 3 is 2.86 bits per heavy atom. The average molecular weight is 314 g/mol. The number of nitrogens with two attached hydrogens (primary N) is 1. The fourth-order valence-electron chi connectivity index (χ4n) is 2.04. The van der Waals surface area contributed by atoms with Gasteiger partial charge in [-0.2, -0.15) is 0 Å². The molecule has 3 rings (SSSR count). The standard InChI is InChI=1S/C15H14N4O2S/c16-15-18-11(9-22-15)6-7-17-14(20)12-8-21-19-13(12)10-4-2-1-3-5-10/h1-5,8-9H,6-7H2,(H2,16,18)(H,17,20). The van der Waals surface area contributed by atoms with Crippen molar-refractivity contribution in [1.29, 1.82) is 0 Å². The quantitative estimate of drug-likeness (QED) is 0.754. The molecule has 2 heterocycles. The molecule has 3 N–H and O–H groups in total. The average Bonchev–Trinajstić information content (AvgIpc) is 3.17. The summed E-state index contributed by atoms with van der Waals surface area (Å²) in [5.74, 6) is -0.219. The molecule has 0 saturated carbocycles. The highest BCUT2D eigenvalue weighted by atomic mass is 32.1. The molecule has 0 aliphatic rings. The normalized spacial score (nSPS) is 10.5. The second-order valence-electron chi connectivity index (χ2n) is 4.63. The van der Waals surface area contributed by atoms with E-state index in [-0.39, 0.29) is 5.91 Å². The Kier molecular flexibility index (Phi) is 4.15. The molecule has 6 nitrogen and oxygen atoms in total. The van der Waals surface area contributed by atoms with Crippen LogP contribution in [-0.2, 0) is 6.42 Å². The van der Waals surface area contributed by atoms with Gasteiger partial charge in [-0.3, -0.25) is 4.79 Å². The Hall–Kier alpha value is -2.67. The fourth-order valence-corrected chi connectivity index (χ4v) is 2.64. The van der Waals surface area contributed by atoms with Gasteiger partial charge in [0.2, 0.25) is 0 Å². The summed E-state index contributed by atoms with van der Waals surface area (Å²) in [6.07, 6.45) is 1.99. The van der Waals surface area contributed by atoms with Gasteiger partial charge in [0.15, 0.2) is 5.13 Å². The maximum Gasteiger partial charge on any atom is 0.256 e. The van der Waals surface area contributed by atoms with E-state index in [0.717, 1.165) is 11.3 Å². The zero-order chi connectivity index (χ0) is 15.4. The Bertz CT molecular complexity index is 767. The molecule has 2 aromatic heterocycles. The molecule has 112 valence electrons. The number of hydrogen-bond acceptors (Lipinski definition) is 6. The molecule has 0 radical (unpaired) electrons. The SMILES string of the molecule is Nc1nc(CCNC(=O)c2conc2-c2ccccc2)cs1. The maximum absolute atomic E-state index is 12.2. The van der Waals surface area contributed by atoms with Gasteiger partial charge in [0.1, 0.15) is 17.5 Å². The summed E-state index contributed by atoms with van der Waals surface area (Å²) in [4.78, 5) is 16.4. The number of hydrogen-bond donors (Lipinski definition) is 2. The number of nitrogen functional groups attached to an aromatic ring is 1. The molecule has 0 bridgehead atoms. The number of thiazole rings is 1. The lowest BCUT2D eigenvalue weighted by Crippen LogP contribution is -2.25. The molecule has 1 aromatic carbocycles. The topological polar surface area (TPSA) is 94.0 Å². The van der Waals surface area contributed by atoms with E-state index in [9.17, 15) is 4.79 Å². The first-order chi connectivity index (χ1) is 10.7. The van der Waals surface area contributed by atoms with Gasteiger partial charge < -0.3 is 15.6 Å². The van der Waals surface area contributed by atoms with Crippen LogP contribution < -0.4 is 11.1 Å². The van der Waals surface area contributed by atoms with Crippen molar-refractivity contribution in [1.82, 2.24) is 15.5 Å². The summed E-state index contributed by atoms with van der Waals surface area (Å²) in [6.45, 7) is 0.474. The van der Waals surface area contributed by atoms with Gasteiger partial charge in [-0.15, -0.1) is 11.3 Å². The Labute approximate surface area is 131 Å². The van der Waals surface area contributed by atoms with E-state index >= 15 is 0 Å². The molecule has 0 aliphatic heterocycles. The Morgan fingerprint density at radius 1 is 1.32 bits per heavy atom. The van der Waals surface area contributed by atoms with E-state index in [1.807, 2.05) is 35.7 Å². The number of aromatic nitrogens is 2. The summed E-state index contributed by atoms with van der Waals surface area (Å²) in [5.41, 5.74) is 8.24. The first-order valence-electron chi connectivity index (χ1n) is 6.72. The fraction of sp³-hybridized carbons (Fsp3) is 0.133.